The van der Waals surface area contributed by atoms with Gasteiger partial charge in [0.25, 0.3) is 0 Å². The van der Waals surface area contributed by atoms with Crippen molar-refractivity contribution in [2.45, 2.75) is 32.7 Å². The first kappa shape index (κ1) is 11.1. The molecule has 80 valence electrons. The SMILES string of the molecule is CCNC(C)Cc1nc(CCO)no1. The highest BCUT2D eigenvalue weighted by Crippen LogP contribution is 2.01. The highest BCUT2D eigenvalue weighted by atomic mass is 16.5. The van der Waals surface area contributed by atoms with E-state index in [0.717, 1.165) is 13.0 Å². The van der Waals surface area contributed by atoms with Crippen LogP contribution in [-0.4, -0.2) is 34.4 Å². The Kier molecular flexibility index (Phi) is 4.55. The molecule has 0 fully saturated rings. The molecule has 1 rings (SSSR count). The molecular formula is C9H17N3O2. The Morgan fingerprint density at radius 3 is 3.00 bits per heavy atom. The maximum absolute atomic E-state index is 8.66. The molecule has 0 aromatic carbocycles. The third-order valence-electron chi connectivity index (χ3n) is 1.88. The van der Waals surface area contributed by atoms with Gasteiger partial charge in [-0.1, -0.05) is 12.1 Å². The smallest absolute Gasteiger partial charge is 0.228 e. The molecule has 1 unspecified atom stereocenters. The molecule has 2 N–H and O–H groups in total. The van der Waals surface area contributed by atoms with E-state index in [1.54, 1.807) is 0 Å². The van der Waals surface area contributed by atoms with Crippen molar-refractivity contribution in [3.05, 3.63) is 11.7 Å². The van der Waals surface area contributed by atoms with Gasteiger partial charge in [-0.05, 0) is 13.5 Å². The monoisotopic (exact) mass is 199 g/mol. The summed E-state index contributed by atoms with van der Waals surface area (Å²) >= 11 is 0. The lowest BCUT2D eigenvalue weighted by Gasteiger charge is -2.07. The highest BCUT2D eigenvalue weighted by Gasteiger charge is 2.09. The molecule has 0 amide bonds. The van der Waals surface area contributed by atoms with Crippen molar-refractivity contribution in [2.24, 2.45) is 0 Å². The van der Waals surface area contributed by atoms with Crippen LogP contribution in [0.25, 0.3) is 0 Å². The van der Waals surface area contributed by atoms with Crippen LogP contribution in [0.5, 0.6) is 0 Å². The van der Waals surface area contributed by atoms with Gasteiger partial charge in [-0.15, -0.1) is 0 Å². The molecule has 0 spiro atoms. The standard InChI is InChI=1S/C9H17N3O2/c1-3-10-7(2)6-9-11-8(4-5-13)12-14-9/h7,10,13H,3-6H2,1-2H3. The van der Waals surface area contributed by atoms with Gasteiger partial charge in [0, 0.05) is 18.9 Å². The van der Waals surface area contributed by atoms with Gasteiger partial charge in [0.2, 0.25) is 5.89 Å². The predicted molar refractivity (Wildman–Crippen MR) is 51.9 cm³/mol. The number of aliphatic hydroxyl groups excluding tert-OH is 1. The summed E-state index contributed by atoms with van der Waals surface area (Å²) in [6.07, 6.45) is 1.19. The van der Waals surface area contributed by atoms with E-state index in [4.69, 9.17) is 9.63 Å². The van der Waals surface area contributed by atoms with Crippen molar-refractivity contribution in [1.82, 2.24) is 15.5 Å². The molecule has 1 atom stereocenters. The summed E-state index contributed by atoms with van der Waals surface area (Å²) < 4.78 is 5.02. The first-order chi connectivity index (χ1) is 6.76. The van der Waals surface area contributed by atoms with Gasteiger partial charge in [0.05, 0.1) is 6.61 Å². The lowest BCUT2D eigenvalue weighted by Crippen LogP contribution is -2.27. The van der Waals surface area contributed by atoms with E-state index in [1.165, 1.54) is 0 Å². The number of nitrogens with one attached hydrogen (secondary N) is 1. The molecule has 1 aromatic heterocycles. The first-order valence-corrected chi connectivity index (χ1v) is 4.92. The Hall–Kier alpha value is -0.940. The number of likely N-dealkylation sites (N-methyl/N-ethyl adjacent to an activating group) is 1. The lowest BCUT2D eigenvalue weighted by atomic mass is 10.2. The van der Waals surface area contributed by atoms with Gasteiger partial charge in [-0.3, -0.25) is 0 Å². The molecule has 5 nitrogen and oxygen atoms in total. The average Bonchev–Trinajstić information content (AvgIpc) is 2.53. The molecule has 1 aromatic rings. The van der Waals surface area contributed by atoms with Gasteiger partial charge >= 0.3 is 0 Å². The lowest BCUT2D eigenvalue weighted by molar-refractivity contribution is 0.292. The van der Waals surface area contributed by atoms with Gasteiger partial charge < -0.3 is 14.9 Å². The Labute approximate surface area is 83.5 Å². The number of nitrogens with zero attached hydrogens (tertiary/aromatic N) is 2. The second-order valence-electron chi connectivity index (χ2n) is 3.24. The second kappa shape index (κ2) is 5.72. The first-order valence-electron chi connectivity index (χ1n) is 4.92. The zero-order valence-corrected chi connectivity index (χ0v) is 8.66. The minimum absolute atomic E-state index is 0.0573. The summed E-state index contributed by atoms with van der Waals surface area (Å²) in [4.78, 5) is 4.14. The number of hydrogen-bond acceptors (Lipinski definition) is 5. The fourth-order valence-electron chi connectivity index (χ4n) is 1.26. The summed E-state index contributed by atoms with van der Waals surface area (Å²) in [7, 11) is 0. The molecule has 0 radical (unpaired) electrons. The number of aromatic nitrogens is 2. The van der Waals surface area contributed by atoms with Crippen LogP contribution < -0.4 is 5.32 Å². The third-order valence-corrected chi connectivity index (χ3v) is 1.88. The van der Waals surface area contributed by atoms with Crippen LogP contribution in [0.1, 0.15) is 25.6 Å². The summed E-state index contributed by atoms with van der Waals surface area (Å²) in [5.74, 6) is 1.20. The predicted octanol–water partition coefficient (Wildman–Crippen LogP) is 0.145. The van der Waals surface area contributed by atoms with E-state index in [-0.39, 0.29) is 6.61 Å². The highest BCUT2D eigenvalue weighted by molar-refractivity contribution is 4.88. The number of rotatable bonds is 6. The quantitative estimate of drug-likeness (QED) is 0.682. The molecule has 0 bridgehead atoms. The van der Waals surface area contributed by atoms with E-state index < -0.39 is 0 Å². The van der Waals surface area contributed by atoms with Crippen molar-refractivity contribution in [2.75, 3.05) is 13.2 Å². The van der Waals surface area contributed by atoms with Gasteiger partial charge in [0.1, 0.15) is 0 Å². The maximum atomic E-state index is 8.66. The van der Waals surface area contributed by atoms with Crippen molar-refractivity contribution < 1.29 is 9.63 Å². The summed E-state index contributed by atoms with van der Waals surface area (Å²) in [6, 6.07) is 0.336. The van der Waals surface area contributed by atoms with Crippen LogP contribution in [0.3, 0.4) is 0 Å². The molecule has 0 aliphatic rings. The van der Waals surface area contributed by atoms with Crippen LogP contribution in [0.2, 0.25) is 0 Å². The minimum atomic E-state index is 0.0573. The van der Waals surface area contributed by atoms with Crippen LogP contribution in [-0.2, 0) is 12.8 Å². The summed E-state index contributed by atoms with van der Waals surface area (Å²) in [6.45, 7) is 5.11. The normalized spacial score (nSPS) is 13.1. The number of hydrogen-bond donors (Lipinski definition) is 2. The summed E-state index contributed by atoms with van der Waals surface area (Å²) in [5, 5.41) is 15.7. The Balaban J connectivity index is 2.42. The number of aliphatic hydroxyl groups is 1. The van der Waals surface area contributed by atoms with Gasteiger partial charge in [0.15, 0.2) is 5.82 Å². The molecule has 0 saturated heterocycles. The maximum Gasteiger partial charge on any atom is 0.228 e. The molecule has 0 aliphatic heterocycles. The minimum Gasteiger partial charge on any atom is -0.396 e. The van der Waals surface area contributed by atoms with Crippen LogP contribution in [0.15, 0.2) is 4.52 Å². The topological polar surface area (TPSA) is 71.2 Å². The van der Waals surface area contributed by atoms with E-state index in [2.05, 4.69) is 29.3 Å². The third kappa shape index (κ3) is 3.43. The Morgan fingerprint density at radius 2 is 2.36 bits per heavy atom. The van der Waals surface area contributed by atoms with Crippen LogP contribution >= 0.6 is 0 Å². The zero-order valence-electron chi connectivity index (χ0n) is 8.66. The molecule has 14 heavy (non-hydrogen) atoms. The Bertz CT molecular complexity index is 262. The van der Waals surface area contributed by atoms with Crippen molar-refractivity contribution in [3.63, 3.8) is 0 Å². The fraction of sp³-hybridized carbons (Fsp3) is 0.778. The van der Waals surface area contributed by atoms with E-state index in [9.17, 15) is 0 Å². The fourth-order valence-corrected chi connectivity index (χ4v) is 1.26. The van der Waals surface area contributed by atoms with E-state index in [1.807, 2.05) is 0 Å². The van der Waals surface area contributed by atoms with Crippen molar-refractivity contribution in [1.29, 1.82) is 0 Å². The van der Waals surface area contributed by atoms with Crippen molar-refractivity contribution in [3.8, 4) is 0 Å². The molecule has 0 saturated carbocycles. The van der Waals surface area contributed by atoms with E-state index >= 15 is 0 Å². The van der Waals surface area contributed by atoms with Gasteiger partial charge in [-0.25, -0.2) is 0 Å². The second-order valence-corrected chi connectivity index (χ2v) is 3.24. The Morgan fingerprint density at radius 1 is 1.57 bits per heavy atom. The molecule has 5 heteroatoms. The van der Waals surface area contributed by atoms with Gasteiger partial charge in [-0.2, -0.15) is 4.98 Å². The van der Waals surface area contributed by atoms with E-state index in [0.29, 0.717) is 24.2 Å². The van der Waals surface area contributed by atoms with Crippen molar-refractivity contribution >= 4 is 0 Å². The zero-order chi connectivity index (χ0) is 10.4. The average molecular weight is 199 g/mol. The molecular weight excluding hydrogens is 182 g/mol. The molecule has 1 heterocycles. The summed E-state index contributed by atoms with van der Waals surface area (Å²) in [5.41, 5.74) is 0. The molecule has 0 aliphatic carbocycles. The van der Waals surface area contributed by atoms with Crippen LogP contribution in [0.4, 0.5) is 0 Å². The van der Waals surface area contributed by atoms with Crippen LogP contribution in [0, 0.1) is 0 Å². The largest absolute Gasteiger partial charge is 0.396 e.